The molecule has 0 atom stereocenters. The minimum Gasteiger partial charge on any atom is -0.493 e. The molecule has 1 N–H and O–H groups in total. The number of rotatable bonds is 3. The molecular weight excluding hydrogens is 349 g/mol. The molecule has 0 radical (unpaired) electrons. The van der Waals surface area contributed by atoms with Crippen molar-refractivity contribution >= 4 is 33.6 Å². The van der Waals surface area contributed by atoms with E-state index < -0.39 is 0 Å². The predicted molar refractivity (Wildman–Crippen MR) is 87.4 cm³/mol. The lowest BCUT2D eigenvalue weighted by atomic mass is 10.1. The third-order valence-corrected chi connectivity index (χ3v) is 3.99. The quantitative estimate of drug-likeness (QED) is 0.833. The summed E-state index contributed by atoms with van der Waals surface area (Å²) in [6.07, 6.45) is 4.09. The van der Waals surface area contributed by atoms with Gasteiger partial charge in [-0.15, -0.1) is 0 Å². The highest BCUT2D eigenvalue weighted by atomic mass is 79.9. The minimum atomic E-state index is -0.360. The normalized spacial score (nSPS) is 13.0. The molecule has 0 unspecified atom stereocenters. The lowest BCUT2D eigenvalue weighted by Gasteiger charge is -2.05. The summed E-state index contributed by atoms with van der Waals surface area (Å²) in [5, 5.41) is 2.70. The van der Waals surface area contributed by atoms with Crippen LogP contribution in [0.5, 0.6) is 5.75 Å². The second kappa shape index (κ2) is 6.32. The van der Waals surface area contributed by atoms with Crippen LogP contribution in [0.4, 0.5) is 10.1 Å². The van der Waals surface area contributed by atoms with Crippen LogP contribution in [-0.2, 0) is 11.2 Å². The smallest absolute Gasteiger partial charge is 0.248 e. The monoisotopic (exact) mass is 361 g/mol. The van der Waals surface area contributed by atoms with Crippen LogP contribution in [0.2, 0.25) is 0 Å². The number of halogens is 2. The van der Waals surface area contributed by atoms with Crippen molar-refractivity contribution in [1.29, 1.82) is 0 Å². The summed E-state index contributed by atoms with van der Waals surface area (Å²) in [4.78, 5) is 11.9. The molecule has 1 heterocycles. The Hall–Kier alpha value is -2.14. The molecule has 22 heavy (non-hydrogen) atoms. The average molecular weight is 362 g/mol. The number of ether oxygens (including phenoxy) is 1. The van der Waals surface area contributed by atoms with Crippen molar-refractivity contribution in [2.24, 2.45) is 0 Å². The van der Waals surface area contributed by atoms with Crippen LogP contribution in [0.15, 0.2) is 46.9 Å². The molecule has 1 aliphatic heterocycles. The number of hydrogen-bond donors (Lipinski definition) is 1. The first-order valence-electron chi connectivity index (χ1n) is 6.82. The zero-order chi connectivity index (χ0) is 15.5. The summed E-state index contributed by atoms with van der Waals surface area (Å²) in [5.74, 6) is 0.279. The summed E-state index contributed by atoms with van der Waals surface area (Å²) in [6.45, 7) is 0.710. The van der Waals surface area contributed by atoms with Gasteiger partial charge in [-0.05, 0) is 63.5 Å². The van der Waals surface area contributed by atoms with Crippen LogP contribution in [-0.4, -0.2) is 12.5 Å². The van der Waals surface area contributed by atoms with Gasteiger partial charge in [-0.2, -0.15) is 0 Å². The Morgan fingerprint density at radius 3 is 2.95 bits per heavy atom. The number of benzene rings is 2. The van der Waals surface area contributed by atoms with E-state index in [-0.39, 0.29) is 11.7 Å². The van der Waals surface area contributed by atoms with Crippen molar-refractivity contribution in [3.05, 3.63) is 63.9 Å². The van der Waals surface area contributed by atoms with Gasteiger partial charge in [0.1, 0.15) is 11.6 Å². The van der Waals surface area contributed by atoms with Crippen LogP contribution < -0.4 is 10.1 Å². The highest BCUT2D eigenvalue weighted by molar-refractivity contribution is 9.10. The Bertz CT molecular complexity index is 758. The molecule has 112 valence electrons. The van der Waals surface area contributed by atoms with Gasteiger partial charge in [0.2, 0.25) is 5.91 Å². The first-order valence-corrected chi connectivity index (χ1v) is 7.61. The number of nitrogens with one attached hydrogen (secondary N) is 1. The fraction of sp³-hybridized carbons (Fsp3) is 0.118. The number of amides is 1. The first-order chi connectivity index (χ1) is 10.6. The Morgan fingerprint density at radius 1 is 1.27 bits per heavy atom. The van der Waals surface area contributed by atoms with E-state index in [9.17, 15) is 9.18 Å². The maximum Gasteiger partial charge on any atom is 0.248 e. The van der Waals surface area contributed by atoms with E-state index in [1.54, 1.807) is 6.08 Å². The fourth-order valence-corrected chi connectivity index (χ4v) is 2.70. The number of hydrogen-bond acceptors (Lipinski definition) is 2. The Balaban J connectivity index is 1.68. The first kappa shape index (κ1) is 14.8. The molecule has 0 aromatic heterocycles. The van der Waals surface area contributed by atoms with E-state index in [0.29, 0.717) is 16.8 Å². The lowest BCUT2D eigenvalue weighted by Crippen LogP contribution is -2.08. The van der Waals surface area contributed by atoms with Gasteiger partial charge in [0, 0.05) is 17.0 Å². The number of fused-ring (bicyclic) bond motifs is 1. The summed E-state index contributed by atoms with van der Waals surface area (Å²) >= 11 is 3.21. The third kappa shape index (κ3) is 3.36. The van der Waals surface area contributed by atoms with E-state index in [4.69, 9.17) is 4.74 Å². The highest BCUT2D eigenvalue weighted by Crippen LogP contribution is 2.26. The van der Waals surface area contributed by atoms with Crippen molar-refractivity contribution in [3.63, 3.8) is 0 Å². The lowest BCUT2D eigenvalue weighted by molar-refractivity contribution is -0.111. The van der Waals surface area contributed by atoms with E-state index in [2.05, 4.69) is 21.2 Å². The zero-order valence-electron chi connectivity index (χ0n) is 11.6. The maximum atomic E-state index is 13.0. The van der Waals surface area contributed by atoms with Gasteiger partial charge in [-0.25, -0.2) is 4.39 Å². The topological polar surface area (TPSA) is 38.3 Å². The second-order valence-corrected chi connectivity index (χ2v) is 5.77. The predicted octanol–water partition coefficient (Wildman–Crippen LogP) is 4.18. The van der Waals surface area contributed by atoms with Crippen LogP contribution in [0.1, 0.15) is 11.1 Å². The van der Waals surface area contributed by atoms with Crippen LogP contribution >= 0.6 is 15.9 Å². The molecular formula is C17H13BrFNO2. The Morgan fingerprint density at radius 2 is 2.14 bits per heavy atom. The molecule has 2 aromatic rings. The van der Waals surface area contributed by atoms with Crippen molar-refractivity contribution in [1.82, 2.24) is 0 Å². The molecule has 0 spiro atoms. The van der Waals surface area contributed by atoms with Crippen LogP contribution in [0, 0.1) is 5.82 Å². The van der Waals surface area contributed by atoms with Crippen molar-refractivity contribution in [2.75, 3.05) is 11.9 Å². The Labute approximate surface area is 135 Å². The summed E-state index contributed by atoms with van der Waals surface area (Å²) in [7, 11) is 0. The van der Waals surface area contributed by atoms with Gasteiger partial charge in [0.05, 0.1) is 12.3 Å². The molecule has 1 amide bonds. The fourth-order valence-electron chi connectivity index (χ4n) is 2.25. The molecule has 1 aliphatic rings. The van der Waals surface area contributed by atoms with E-state index in [1.807, 2.05) is 18.2 Å². The molecule has 0 saturated carbocycles. The van der Waals surface area contributed by atoms with Gasteiger partial charge in [-0.1, -0.05) is 6.07 Å². The van der Waals surface area contributed by atoms with Gasteiger partial charge in [-0.3, -0.25) is 4.79 Å². The van der Waals surface area contributed by atoms with E-state index in [1.165, 1.54) is 24.3 Å². The second-order valence-electron chi connectivity index (χ2n) is 4.91. The number of carbonyl (C=O) groups excluding carboxylic acids is 1. The van der Waals surface area contributed by atoms with Gasteiger partial charge >= 0.3 is 0 Å². The molecule has 0 bridgehead atoms. The Kier molecular flexibility index (Phi) is 4.24. The molecule has 2 aromatic carbocycles. The van der Waals surface area contributed by atoms with Crippen molar-refractivity contribution in [2.45, 2.75) is 6.42 Å². The van der Waals surface area contributed by atoms with E-state index >= 15 is 0 Å². The van der Waals surface area contributed by atoms with Crippen LogP contribution in [0.25, 0.3) is 6.08 Å². The average Bonchev–Trinajstić information content (AvgIpc) is 2.95. The SMILES string of the molecule is O=C(/C=C/c1ccc2c(c1)CCO2)Nc1ccc(F)cc1Br. The zero-order valence-corrected chi connectivity index (χ0v) is 13.2. The van der Waals surface area contributed by atoms with E-state index in [0.717, 1.165) is 23.3 Å². The van der Waals surface area contributed by atoms with Crippen LogP contribution in [0.3, 0.4) is 0 Å². The highest BCUT2D eigenvalue weighted by Gasteiger charge is 2.11. The van der Waals surface area contributed by atoms with Gasteiger partial charge in [0.15, 0.2) is 0 Å². The molecule has 0 saturated heterocycles. The molecule has 3 rings (SSSR count). The molecule has 5 heteroatoms. The third-order valence-electron chi connectivity index (χ3n) is 3.33. The standard InChI is InChI=1S/C17H13BrFNO2/c18-14-10-13(19)3-4-15(14)20-17(21)6-2-11-1-5-16-12(9-11)7-8-22-16/h1-6,9-10H,7-8H2,(H,20,21)/b6-2+. The number of carbonyl (C=O) groups is 1. The summed E-state index contributed by atoms with van der Waals surface area (Å²) < 4.78 is 18.9. The summed E-state index contributed by atoms with van der Waals surface area (Å²) in [6, 6.07) is 9.94. The summed E-state index contributed by atoms with van der Waals surface area (Å²) in [5.41, 5.74) is 2.62. The van der Waals surface area contributed by atoms with Crippen molar-refractivity contribution < 1.29 is 13.9 Å². The molecule has 0 aliphatic carbocycles. The maximum absolute atomic E-state index is 13.0. The van der Waals surface area contributed by atoms with Crippen molar-refractivity contribution in [3.8, 4) is 5.75 Å². The number of anilines is 1. The largest absolute Gasteiger partial charge is 0.493 e. The minimum absolute atomic E-state index is 0.274. The van der Waals surface area contributed by atoms with Gasteiger partial charge in [0.25, 0.3) is 0 Å². The van der Waals surface area contributed by atoms with Gasteiger partial charge < -0.3 is 10.1 Å². The molecule has 0 fully saturated rings. The molecule has 3 nitrogen and oxygen atoms in total.